The normalized spacial score (nSPS) is 13.8. The van der Waals surface area contributed by atoms with Crippen molar-refractivity contribution in [1.29, 1.82) is 5.26 Å². The first-order valence-electron chi connectivity index (χ1n) is 4.13. The molecule has 0 bridgehead atoms. The highest BCUT2D eigenvalue weighted by molar-refractivity contribution is 5.85. The monoisotopic (exact) mass is 194 g/mol. The molecule has 0 saturated heterocycles. The van der Waals surface area contributed by atoms with Gasteiger partial charge < -0.3 is 5.32 Å². The Labute approximate surface area is 84.0 Å². The molecule has 0 aromatic heterocycles. The molecular formula is C10H11ClN2. The van der Waals surface area contributed by atoms with Gasteiger partial charge in [-0.25, -0.2) is 0 Å². The Hall–Kier alpha value is -1.04. The number of nitrogens with one attached hydrogen (secondary N) is 1. The van der Waals surface area contributed by atoms with E-state index < -0.39 is 0 Å². The van der Waals surface area contributed by atoms with Crippen LogP contribution in [0.25, 0.3) is 0 Å². The Bertz CT molecular complexity index is 341. The second kappa shape index (κ2) is 4.27. The lowest BCUT2D eigenvalue weighted by molar-refractivity contribution is 0.643. The van der Waals surface area contributed by atoms with Gasteiger partial charge in [0, 0.05) is 6.54 Å². The fourth-order valence-corrected chi connectivity index (χ4v) is 1.55. The molecule has 68 valence electrons. The third-order valence-electron chi connectivity index (χ3n) is 2.22. The summed E-state index contributed by atoms with van der Waals surface area (Å²) in [4.78, 5) is 0. The van der Waals surface area contributed by atoms with Gasteiger partial charge in [-0.3, -0.25) is 0 Å². The Morgan fingerprint density at radius 2 is 2.15 bits per heavy atom. The van der Waals surface area contributed by atoms with Crippen molar-refractivity contribution in [3.63, 3.8) is 0 Å². The second-order valence-electron chi connectivity index (χ2n) is 3.02. The van der Waals surface area contributed by atoms with E-state index >= 15 is 0 Å². The number of nitriles is 1. The standard InChI is InChI=1S/C10H10N2.ClH/c11-6-8-1-2-9-3-4-12-7-10(9)5-8;/h1-2,5,12H,3-4,7H2;1H. The lowest BCUT2D eigenvalue weighted by atomic mass is 9.99. The van der Waals surface area contributed by atoms with Crippen molar-refractivity contribution in [2.75, 3.05) is 6.54 Å². The van der Waals surface area contributed by atoms with Gasteiger partial charge in [0.2, 0.25) is 0 Å². The predicted octanol–water partition coefficient (Wildman–Crippen LogP) is 1.63. The van der Waals surface area contributed by atoms with Gasteiger partial charge in [-0.05, 0) is 36.2 Å². The summed E-state index contributed by atoms with van der Waals surface area (Å²) in [5.41, 5.74) is 3.42. The number of rotatable bonds is 0. The van der Waals surface area contributed by atoms with Crippen LogP contribution in [0.4, 0.5) is 0 Å². The first-order valence-corrected chi connectivity index (χ1v) is 4.13. The molecule has 13 heavy (non-hydrogen) atoms. The summed E-state index contributed by atoms with van der Waals surface area (Å²) < 4.78 is 0. The third-order valence-corrected chi connectivity index (χ3v) is 2.22. The summed E-state index contributed by atoms with van der Waals surface area (Å²) in [5.74, 6) is 0. The highest BCUT2D eigenvalue weighted by atomic mass is 35.5. The Morgan fingerprint density at radius 3 is 2.92 bits per heavy atom. The maximum Gasteiger partial charge on any atom is 0.0991 e. The summed E-state index contributed by atoms with van der Waals surface area (Å²) >= 11 is 0. The fourth-order valence-electron chi connectivity index (χ4n) is 1.55. The van der Waals surface area contributed by atoms with Gasteiger partial charge in [0.1, 0.15) is 0 Å². The Kier molecular flexibility index (Phi) is 3.30. The van der Waals surface area contributed by atoms with Crippen LogP contribution in [0.15, 0.2) is 18.2 Å². The predicted molar refractivity (Wildman–Crippen MR) is 53.8 cm³/mol. The van der Waals surface area contributed by atoms with Crippen LogP contribution >= 0.6 is 12.4 Å². The van der Waals surface area contributed by atoms with E-state index in [2.05, 4.69) is 17.5 Å². The van der Waals surface area contributed by atoms with Crippen LogP contribution in [0.1, 0.15) is 16.7 Å². The summed E-state index contributed by atoms with van der Waals surface area (Å²) in [6.07, 6.45) is 1.08. The molecule has 0 aliphatic carbocycles. The maximum absolute atomic E-state index is 8.67. The quantitative estimate of drug-likeness (QED) is 0.682. The zero-order valence-corrected chi connectivity index (χ0v) is 8.03. The molecule has 0 unspecified atom stereocenters. The van der Waals surface area contributed by atoms with Crippen molar-refractivity contribution in [3.8, 4) is 6.07 Å². The number of nitrogens with zero attached hydrogens (tertiary/aromatic N) is 1. The average molecular weight is 195 g/mol. The Balaban J connectivity index is 0.000000845. The van der Waals surface area contributed by atoms with Crippen LogP contribution in [0.5, 0.6) is 0 Å². The first kappa shape index (κ1) is 10.0. The van der Waals surface area contributed by atoms with Crippen molar-refractivity contribution < 1.29 is 0 Å². The van der Waals surface area contributed by atoms with E-state index in [4.69, 9.17) is 5.26 Å². The highest BCUT2D eigenvalue weighted by Gasteiger charge is 2.07. The molecule has 3 heteroatoms. The molecule has 0 radical (unpaired) electrons. The molecule has 1 N–H and O–H groups in total. The van der Waals surface area contributed by atoms with Gasteiger partial charge in [0.05, 0.1) is 11.6 Å². The molecule has 0 spiro atoms. The van der Waals surface area contributed by atoms with Crippen molar-refractivity contribution >= 4 is 12.4 Å². The lowest BCUT2D eigenvalue weighted by Gasteiger charge is -2.16. The largest absolute Gasteiger partial charge is 0.312 e. The van der Waals surface area contributed by atoms with Crippen molar-refractivity contribution in [1.82, 2.24) is 5.32 Å². The minimum Gasteiger partial charge on any atom is -0.312 e. The van der Waals surface area contributed by atoms with Crippen LogP contribution in [-0.4, -0.2) is 6.54 Å². The lowest BCUT2D eigenvalue weighted by Crippen LogP contribution is -2.23. The van der Waals surface area contributed by atoms with Crippen molar-refractivity contribution in [2.24, 2.45) is 0 Å². The first-order chi connectivity index (χ1) is 5.90. The van der Waals surface area contributed by atoms with E-state index in [9.17, 15) is 0 Å². The smallest absolute Gasteiger partial charge is 0.0991 e. The maximum atomic E-state index is 8.67. The SMILES string of the molecule is Cl.N#Cc1ccc2c(c1)CNCC2. The zero-order valence-electron chi connectivity index (χ0n) is 7.21. The number of hydrogen-bond acceptors (Lipinski definition) is 2. The van der Waals surface area contributed by atoms with E-state index in [1.165, 1.54) is 11.1 Å². The van der Waals surface area contributed by atoms with Crippen LogP contribution in [0, 0.1) is 11.3 Å². The van der Waals surface area contributed by atoms with E-state index in [0.29, 0.717) is 0 Å². The van der Waals surface area contributed by atoms with Crippen LogP contribution < -0.4 is 5.32 Å². The fraction of sp³-hybridized carbons (Fsp3) is 0.300. The molecule has 1 aromatic rings. The Morgan fingerprint density at radius 1 is 1.31 bits per heavy atom. The molecule has 0 saturated carbocycles. The molecule has 0 amide bonds. The number of fused-ring (bicyclic) bond motifs is 1. The topological polar surface area (TPSA) is 35.8 Å². The number of hydrogen-bond donors (Lipinski definition) is 1. The van der Waals surface area contributed by atoms with Gasteiger partial charge >= 0.3 is 0 Å². The van der Waals surface area contributed by atoms with E-state index in [-0.39, 0.29) is 12.4 Å². The van der Waals surface area contributed by atoms with E-state index in [1.807, 2.05) is 12.1 Å². The van der Waals surface area contributed by atoms with Gasteiger partial charge in [-0.2, -0.15) is 5.26 Å². The van der Waals surface area contributed by atoms with Crippen molar-refractivity contribution in [3.05, 3.63) is 34.9 Å². The minimum absolute atomic E-state index is 0. The summed E-state index contributed by atoms with van der Waals surface area (Å²) in [6, 6.07) is 8.08. The average Bonchev–Trinajstić information content (AvgIpc) is 2.17. The second-order valence-corrected chi connectivity index (χ2v) is 3.02. The molecule has 1 aromatic carbocycles. The molecule has 2 nitrogen and oxygen atoms in total. The van der Waals surface area contributed by atoms with Crippen LogP contribution in [-0.2, 0) is 13.0 Å². The summed E-state index contributed by atoms with van der Waals surface area (Å²) in [5, 5.41) is 12.0. The van der Waals surface area contributed by atoms with Crippen LogP contribution in [0.3, 0.4) is 0 Å². The van der Waals surface area contributed by atoms with Gasteiger partial charge in [0.15, 0.2) is 0 Å². The molecule has 1 aliphatic heterocycles. The third kappa shape index (κ3) is 2.00. The summed E-state index contributed by atoms with van der Waals surface area (Å²) in [6.45, 7) is 1.96. The van der Waals surface area contributed by atoms with Crippen molar-refractivity contribution in [2.45, 2.75) is 13.0 Å². The minimum atomic E-state index is 0. The molecule has 0 atom stereocenters. The summed E-state index contributed by atoms with van der Waals surface area (Å²) in [7, 11) is 0. The number of benzene rings is 1. The van der Waals surface area contributed by atoms with Gasteiger partial charge in [-0.15, -0.1) is 12.4 Å². The van der Waals surface area contributed by atoms with E-state index in [1.54, 1.807) is 0 Å². The number of halogens is 1. The molecule has 0 fully saturated rings. The zero-order chi connectivity index (χ0) is 8.39. The molecule has 1 aliphatic rings. The van der Waals surface area contributed by atoms with Gasteiger partial charge in [0.25, 0.3) is 0 Å². The molecule has 1 heterocycles. The van der Waals surface area contributed by atoms with Crippen LogP contribution in [0.2, 0.25) is 0 Å². The van der Waals surface area contributed by atoms with Gasteiger partial charge in [-0.1, -0.05) is 6.07 Å². The van der Waals surface area contributed by atoms with E-state index in [0.717, 1.165) is 25.1 Å². The highest BCUT2D eigenvalue weighted by Crippen LogP contribution is 2.14. The molecule has 2 rings (SSSR count). The molecular weight excluding hydrogens is 184 g/mol.